The molecule has 3 aromatic rings. The van der Waals surface area contributed by atoms with Crippen molar-refractivity contribution < 1.29 is 38.4 Å². The van der Waals surface area contributed by atoms with Gasteiger partial charge in [0.15, 0.2) is 0 Å². The van der Waals surface area contributed by atoms with E-state index in [0.29, 0.717) is 55.8 Å². The second-order valence-electron chi connectivity index (χ2n) is 11.9. The summed E-state index contributed by atoms with van der Waals surface area (Å²) < 4.78 is 16.1. The standard InChI is InChI=1S/C34H37N5O10S/c1-47-29-12-6-25(7-13-29)22-50-30-18-31(37(19-30)34(42)49-21-24-4-10-28(11-5-24)39(45)46)32(40)36-16-14-26(15-17-36)35-33(41)48-20-23-2-8-27(9-3-23)38(43)44/h2-13,26,30-31H,14-22H2,1H3,(H,35,41)/t30-,31-/m0/s1. The summed E-state index contributed by atoms with van der Waals surface area (Å²) >= 11 is 1.65. The lowest BCUT2D eigenvalue weighted by atomic mass is 10.0. The molecule has 2 aliphatic heterocycles. The number of ether oxygens (including phenoxy) is 3. The highest BCUT2D eigenvalue weighted by atomic mass is 32.2. The first-order valence-electron chi connectivity index (χ1n) is 16.0. The second-order valence-corrected chi connectivity index (χ2v) is 13.2. The van der Waals surface area contributed by atoms with Crippen molar-refractivity contribution in [3.8, 4) is 5.75 Å². The van der Waals surface area contributed by atoms with Gasteiger partial charge in [-0.3, -0.25) is 29.9 Å². The third-order valence-electron chi connectivity index (χ3n) is 8.58. The molecule has 0 aliphatic carbocycles. The smallest absolute Gasteiger partial charge is 0.410 e. The third kappa shape index (κ3) is 9.62. The van der Waals surface area contributed by atoms with Gasteiger partial charge in [-0.25, -0.2) is 9.59 Å². The molecular formula is C34H37N5O10S. The van der Waals surface area contributed by atoms with E-state index in [4.69, 9.17) is 14.2 Å². The molecule has 2 fully saturated rings. The highest BCUT2D eigenvalue weighted by molar-refractivity contribution is 7.99. The van der Waals surface area contributed by atoms with Crippen molar-refractivity contribution in [3.05, 3.63) is 110 Å². The number of hydrogen-bond acceptors (Lipinski definition) is 11. The SMILES string of the molecule is COc1ccc(CS[C@H]2C[C@@H](C(=O)N3CCC(NC(=O)OCc4ccc([N+](=O)[O-])cc4)CC3)N(C(=O)OCc3ccc([N+](=O)[O-])cc3)C2)cc1. The Morgan fingerprint density at radius 3 is 1.90 bits per heavy atom. The Balaban J connectivity index is 1.15. The monoisotopic (exact) mass is 707 g/mol. The number of carbonyl (C=O) groups is 3. The number of nitro benzene ring substituents is 2. The number of rotatable bonds is 12. The zero-order valence-electron chi connectivity index (χ0n) is 27.3. The van der Waals surface area contributed by atoms with Gasteiger partial charge >= 0.3 is 12.2 Å². The maximum absolute atomic E-state index is 13.9. The molecule has 15 nitrogen and oxygen atoms in total. The minimum atomic E-state index is -0.733. The molecule has 3 aromatic carbocycles. The van der Waals surface area contributed by atoms with Crippen LogP contribution >= 0.6 is 11.8 Å². The molecule has 0 radical (unpaired) electrons. The van der Waals surface area contributed by atoms with Gasteiger partial charge in [-0.1, -0.05) is 12.1 Å². The van der Waals surface area contributed by atoms with Crippen LogP contribution in [-0.2, 0) is 33.2 Å². The van der Waals surface area contributed by atoms with Crippen LogP contribution in [0.5, 0.6) is 5.75 Å². The zero-order valence-corrected chi connectivity index (χ0v) is 28.1. The largest absolute Gasteiger partial charge is 0.497 e. The van der Waals surface area contributed by atoms with Crippen LogP contribution < -0.4 is 10.1 Å². The van der Waals surface area contributed by atoms with Gasteiger partial charge in [0, 0.05) is 60.9 Å². The normalized spacial score (nSPS) is 17.5. The fraction of sp³-hybridized carbons (Fsp3) is 0.382. The average molecular weight is 708 g/mol. The average Bonchev–Trinajstić information content (AvgIpc) is 3.57. The minimum absolute atomic E-state index is 0.0253. The third-order valence-corrected chi connectivity index (χ3v) is 9.90. The lowest BCUT2D eigenvalue weighted by Crippen LogP contribution is -2.52. The van der Waals surface area contributed by atoms with Gasteiger partial charge in [-0.2, -0.15) is 11.8 Å². The van der Waals surface area contributed by atoms with E-state index in [1.807, 2.05) is 24.3 Å². The molecule has 0 aromatic heterocycles. The van der Waals surface area contributed by atoms with E-state index in [-0.39, 0.29) is 41.8 Å². The number of thioether (sulfide) groups is 1. The molecule has 3 amide bonds. The number of hydrogen-bond donors (Lipinski definition) is 1. The molecule has 16 heteroatoms. The van der Waals surface area contributed by atoms with Crippen molar-refractivity contribution in [2.24, 2.45) is 0 Å². The predicted molar refractivity (Wildman–Crippen MR) is 182 cm³/mol. The molecule has 0 unspecified atom stereocenters. The summed E-state index contributed by atoms with van der Waals surface area (Å²) in [6.07, 6.45) is 0.167. The minimum Gasteiger partial charge on any atom is -0.497 e. The summed E-state index contributed by atoms with van der Waals surface area (Å²) in [7, 11) is 1.61. The van der Waals surface area contributed by atoms with Gasteiger partial charge in [0.25, 0.3) is 11.4 Å². The van der Waals surface area contributed by atoms with Crippen LogP contribution in [0.3, 0.4) is 0 Å². The molecule has 5 rings (SSSR count). The summed E-state index contributed by atoms with van der Waals surface area (Å²) in [6.45, 7) is 0.913. The summed E-state index contributed by atoms with van der Waals surface area (Å²) in [5, 5.41) is 24.6. The van der Waals surface area contributed by atoms with Gasteiger partial charge in [0.1, 0.15) is 25.0 Å². The van der Waals surface area contributed by atoms with Gasteiger partial charge in [-0.05, 0) is 72.4 Å². The summed E-state index contributed by atoms with van der Waals surface area (Å²) in [6, 6.07) is 18.2. The Morgan fingerprint density at radius 1 is 0.820 bits per heavy atom. The van der Waals surface area contributed by atoms with E-state index in [9.17, 15) is 34.6 Å². The lowest BCUT2D eigenvalue weighted by molar-refractivity contribution is -0.385. The van der Waals surface area contributed by atoms with Crippen molar-refractivity contribution in [1.29, 1.82) is 0 Å². The first-order valence-corrected chi connectivity index (χ1v) is 17.0. The molecule has 0 bridgehead atoms. The molecule has 2 aliphatic rings. The molecule has 2 atom stereocenters. The molecule has 1 N–H and O–H groups in total. The van der Waals surface area contributed by atoms with E-state index in [1.54, 1.807) is 23.8 Å². The quantitative estimate of drug-likeness (QED) is 0.187. The van der Waals surface area contributed by atoms with E-state index < -0.39 is 28.1 Å². The lowest BCUT2D eigenvalue weighted by Gasteiger charge is -2.35. The van der Waals surface area contributed by atoms with Crippen LogP contribution in [0.15, 0.2) is 72.8 Å². The molecular weight excluding hydrogens is 670 g/mol. The first kappa shape index (κ1) is 35.9. The van der Waals surface area contributed by atoms with Crippen LogP contribution in [-0.4, -0.2) is 81.8 Å². The second kappa shape index (κ2) is 16.8. The number of nitro groups is 2. The van der Waals surface area contributed by atoms with Gasteiger partial charge in [0.05, 0.1) is 17.0 Å². The van der Waals surface area contributed by atoms with Crippen molar-refractivity contribution >= 4 is 41.2 Å². The van der Waals surface area contributed by atoms with E-state index in [2.05, 4.69) is 5.32 Å². The Morgan fingerprint density at radius 2 is 1.36 bits per heavy atom. The number of non-ortho nitro benzene ring substituents is 2. The number of carbonyl (C=O) groups excluding carboxylic acids is 3. The predicted octanol–water partition coefficient (Wildman–Crippen LogP) is 5.44. The summed E-state index contributed by atoms with van der Waals surface area (Å²) in [4.78, 5) is 63.7. The number of piperidine rings is 1. The van der Waals surface area contributed by atoms with Crippen molar-refractivity contribution in [2.45, 2.75) is 55.6 Å². The fourth-order valence-corrected chi connectivity index (χ4v) is 6.96. The number of likely N-dealkylation sites (tertiary alicyclic amines) is 2. The number of nitrogens with one attached hydrogen (secondary N) is 1. The fourth-order valence-electron chi connectivity index (χ4n) is 5.76. The highest BCUT2D eigenvalue weighted by Gasteiger charge is 2.43. The van der Waals surface area contributed by atoms with Crippen molar-refractivity contribution in [1.82, 2.24) is 15.1 Å². The van der Waals surface area contributed by atoms with Crippen LogP contribution in [0, 0.1) is 20.2 Å². The molecule has 0 saturated carbocycles. The first-order chi connectivity index (χ1) is 24.1. The van der Waals surface area contributed by atoms with Gasteiger partial charge in [-0.15, -0.1) is 0 Å². The Bertz CT molecular complexity index is 1670. The topological polar surface area (TPSA) is 184 Å². The van der Waals surface area contributed by atoms with Crippen LogP contribution in [0.2, 0.25) is 0 Å². The van der Waals surface area contributed by atoms with E-state index >= 15 is 0 Å². The zero-order chi connectivity index (χ0) is 35.6. The Hall–Kier alpha value is -5.38. The van der Waals surface area contributed by atoms with E-state index in [0.717, 1.165) is 11.3 Å². The molecule has 50 heavy (non-hydrogen) atoms. The number of nitrogens with zero attached hydrogens (tertiary/aromatic N) is 4. The molecule has 0 spiro atoms. The number of amides is 3. The number of alkyl carbamates (subject to hydrolysis) is 1. The van der Waals surface area contributed by atoms with Crippen molar-refractivity contribution in [2.75, 3.05) is 26.7 Å². The number of methoxy groups -OCH3 is 1. The Kier molecular flexibility index (Phi) is 12.1. The molecule has 2 heterocycles. The maximum atomic E-state index is 13.9. The van der Waals surface area contributed by atoms with Crippen LogP contribution in [0.4, 0.5) is 21.0 Å². The van der Waals surface area contributed by atoms with Gasteiger partial charge < -0.3 is 24.4 Å². The van der Waals surface area contributed by atoms with Crippen LogP contribution in [0.25, 0.3) is 0 Å². The summed E-state index contributed by atoms with van der Waals surface area (Å²) in [5.74, 6) is 1.24. The van der Waals surface area contributed by atoms with Crippen LogP contribution in [0.1, 0.15) is 36.0 Å². The molecule has 264 valence electrons. The van der Waals surface area contributed by atoms with Crippen molar-refractivity contribution in [3.63, 3.8) is 0 Å². The van der Waals surface area contributed by atoms with Gasteiger partial charge in [0.2, 0.25) is 5.91 Å². The Labute approximate surface area is 292 Å². The summed E-state index contributed by atoms with van der Waals surface area (Å²) in [5.41, 5.74) is 2.15. The maximum Gasteiger partial charge on any atom is 0.410 e. The molecule has 2 saturated heterocycles. The number of benzene rings is 3. The highest BCUT2D eigenvalue weighted by Crippen LogP contribution is 2.32. The van der Waals surface area contributed by atoms with E-state index in [1.165, 1.54) is 53.4 Å².